The second-order valence-corrected chi connectivity index (χ2v) is 7.94. The SMILES string of the molecule is CC(C)CNC(=O)c1csc(-c2ccccc2OCc2ccccc2C(F)(F)F)n1. The molecule has 0 spiro atoms. The number of thiazole rings is 1. The first-order valence-corrected chi connectivity index (χ1v) is 10.2. The zero-order chi connectivity index (χ0) is 21.7. The summed E-state index contributed by atoms with van der Waals surface area (Å²) in [5.41, 5.74) is 0.247. The van der Waals surface area contributed by atoms with Crippen LogP contribution < -0.4 is 10.1 Å². The standard InChI is InChI=1S/C22H21F3N2O2S/c1-14(2)11-26-20(28)18-13-30-21(27-18)16-8-4-6-10-19(16)29-12-15-7-3-5-9-17(15)22(23,24)25/h3-10,13-14H,11-12H2,1-2H3,(H,26,28). The van der Waals surface area contributed by atoms with Crippen LogP contribution in [0.15, 0.2) is 53.9 Å². The zero-order valence-electron chi connectivity index (χ0n) is 16.5. The second kappa shape index (κ2) is 9.30. The fraction of sp³-hybridized carbons (Fsp3) is 0.273. The molecule has 0 atom stereocenters. The van der Waals surface area contributed by atoms with Crippen LogP contribution in [0, 0.1) is 5.92 Å². The highest BCUT2D eigenvalue weighted by atomic mass is 32.1. The van der Waals surface area contributed by atoms with Crippen molar-refractivity contribution in [1.29, 1.82) is 0 Å². The van der Waals surface area contributed by atoms with Crippen molar-refractivity contribution in [2.75, 3.05) is 6.54 Å². The molecular formula is C22H21F3N2O2S. The van der Waals surface area contributed by atoms with Crippen molar-refractivity contribution >= 4 is 17.2 Å². The van der Waals surface area contributed by atoms with Crippen LogP contribution in [0.25, 0.3) is 10.6 Å². The first-order chi connectivity index (χ1) is 14.3. The van der Waals surface area contributed by atoms with E-state index in [2.05, 4.69) is 10.3 Å². The van der Waals surface area contributed by atoms with E-state index < -0.39 is 11.7 Å². The topological polar surface area (TPSA) is 51.2 Å². The van der Waals surface area contributed by atoms with Crippen LogP contribution in [-0.2, 0) is 12.8 Å². The molecule has 2 aromatic carbocycles. The summed E-state index contributed by atoms with van der Waals surface area (Å²) < 4.78 is 45.4. The highest BCUT2D eigenvalue weighted by molar-refractivity contribution is 7.13. The molecule has 1 heterocycles. The van der Waals surface area contributed by atoms with E-state index in [0.717, 1.165) is 6.07 Å². The highest BCUT2D eigenvalue weighted by Gasteiger charge is 2.33. The maximum absolute atomic E-state index is 13.2. The lowest BCUT2D eigenvalue weighted by atomic mass is 10.1. The van der Waals surface area contributed by atoms with Gasteiger partial charge in [-0.1, -0.05) is 44.2 Å². The largest absolute Gasteiger partial charge is 0.488 e. The zero-order valence-corrected chi connectivity index (χ0v) is 17.3. The Labute approximate surface area is 176 Å². The molecular weight excluding hydrogens is 413 g/mol. The van der Waals surface area contributed by atoms with E-state index in [1.54, 1.807) is 35.7 Å². The predicted octanol–water partition coefficient (Wildman–Crippen LogP) is 5.79. The molecule has 0 bridgehead atoms. The van der Waals surface area contributed by atoms with Gasteiger partial charge in [-0.05, 0) is 24.1 Å². The molecule has 0 aliphatic rings. The van der Waals surface area contributed by atoms with E-state index >= 15 is 0 Å². The Hall–Kier alpha value is -2.87. The van der Waals surface area contributed by atoms with Gasteiger partial charge < -0.3 is 10.1 Å². The van der Waals surface area contributed by atoms with Gasteiger partial charge in [-0.3, -0.25) is 4.79 Å². The number of para-hydroxylation sites is 1. The molecule has 3 rings (SSSR count). The number of alkyl halides is 3. The molecule has 3 aromatic rings. The number of hydrogen-bond donors (Lipinski definition) is 1. The third-order valence-electron chi connectivity index (χ3n) is 4.23. The van der Waals surface area contributed by atoms with Crippen molar-refractivity contribution in [3.05, 3.63) is 70.7 Å². The van der Waals surface area contributed by atoms with Crippen LogP contribution in [0.1, 0.15) is 35.5 Å². The lowest BCUT2D eigenvalue weighted by Gasteiger charge is -2.14. The summed E-state index contributed by atoms with van der Waals surface area (Å²) in [5, 5.41) is 5.03. The minimum atomic E-state index is -4.45. The maximum atomic E-state index is 13.2. The summed E-state index contributed by atoms with van der Waals surface area (Å²) in [6.07, 6.45) is -4.45. The third kappa shape index (κ3) is 5.38. The van der Waals surface area contributed by atoms with Gasteiger partial charge in [0.1, 0.15) is 23.1 Å². The fourth-order valence-corrected chi connectivity index (χ4v) is 3.57. The smallest absolute Gasteiger partial charge is 0.416 e. The fourth-order valence-electron chi connectivity index (χ4n) is 2.74. The molecule has 1 amide bonds. The van der Waals surface area contributed by atoms with Gasteiger partial charge in [-0.25, -0.2) is 4.98 Å². The highest BCUT2D eigenvalue weighted by Crippen LogP contribution is 2.35. The number of carbonyl (C=O) groups is 1. The van der Waals surface area contributed by atoms with Crippen molar-refractivity contribution < 1.29 is 22.7 Å². The van der Waals surface area contributed by atoms with Gasteiger partial charge >= 0.3 is 6.18 Å². The first kappa shape index (κ1) is 21.8. The van der Waals surface area contributed by atoms with Crippen molar-refractivity contribution in [3.63, 3.8) is 0 Å². The van der Waals surface area contributed by atoms with E-state index in [9.17, 15) is 18.0 Å². The number of aromatic nitrogens is 1. The number of nitrogens with zero attached hydrogens (tertiary/aromatic N) is 1. The second-order valence-electron chi connectivity index (χ2n) is 7.08. The summed E-state index contributed by atoms with van der Waals surface area (Å²) >= 11 is 1.28. The normalized spacial score (nSPS) is 11.5. The van der Waals surface area contributed by atoms with E-state index in [1.165, 1.54) is 23.5 Å². The molecule has 0 saturated carbocycles. The summed E-state index contributed by atoms with van der Waals surface area (Å²) in [6.45, 7) is 4.30. The number of nitrogens with one attached hydrogen (secondary N) is 1. The van der Waals surface area contributed by atoms with Crippen LogP contribution in [0.4, 0.5) is 13.2 Å². The Morgan fingerprint density at radius 1 is 1.13 bits per heavy atom. The van der Waals surface area contributed by atoms with Crippen LogP contribution >= 0.6 is 11.3 Å². The average molecular weight is 434 g/mol. The predicted molar refractivity (Wildman–Crippen MR) is 110 cm³/mol. The summed E-state index contributed by atoms with van der Waals surface area (Å²) in [7, 11) is 0. The molecule has 0 radical (unpaired) electrons. The molecule has 0 saturated heterocycles. The molecule has 0 unspecified atom stereocenters. The maximum Gasteiger partial charge on any atom is 0.416 e. The number of amides is 1. The van der Waals surface area contributed by atoms with E-state index in [0.29, 0.717) is 34.5 Å². The Balaban J connectivity index is 1.79. The molecule has 30 heavy (non-hydrogen) atoms. The average Bonchev–Trinajstić information content (AvgIpc) is 3.20. The third-order valence-corrected chi connectivity index (χ3v) is 5.11. The Morgan fingerprint density at radius 3 is 2.57 bits per heavy atom. The van der Waals surface area contributed by atoms with Crippen molar-refractivity contribution in [3.8, 4) is 16.3 Å². The van der Waals surface area contributed by atoms with Crippen LogP contribution in [0.3, 0.4) is 0 Å². The number of carbonyl (C=O) groups excluding carboxylic acids is 1. The Morgan fingerprint density at radius 2 is 1.83 bits per heavy atom. The van der Waals surface area contributed by atoms with Gasteiger partial charge in [0.2, 0.25) is 0 Å². The van der Waals surface area contributed by atoms with Gasteiger partial charge in [-0.2, -0.15) is 13.2 Å². The summed E-state index contributed by atoms with van der Waals surface area (Å²) in [5.74, 6) is 0.461. The van der Waals surface area contributed by atoms with Gasteiger partial charge in [0.05, 0.1) is 11.1 Å². The molecule has 8 heteroatoms. The number of hydrogen-bond acceptors (Lipinski definition) is 4. The lowest BCUT2D eigenvalue weighted by molar-refractivity contribution is -0.138. The van der Waals surface area contributed by atoms with Crippen LogP contribution in [-0.4, -0.2) is 17.4 Å². The number of halogens is 3. The van der Waals surface area contributed by atoms with E-state index in [4.69, 9.17) is 4.74 Å². The van der Waals surface area contributed by atoms with E-state index in [1.807, 2.05) is 13.8 Å². The van der Waals surface area contributed by atoms with Gasteiger partial charge in [0.15, 0.2) is 0 Å². The molecule has 0 aliphatic heterocycles. The molecule has 158 valence electrons. The van der Waals surface area contributed by atoms with Crippen molar-refractivity contribution in [2.45, 2.75) is 26.6 Å². The van der Waals surface area contributed by atoms with Gasteiger partial charge in [-0.15, -0.1) is 11.3 Å². The molecule has 0 fully saturated rings. The number of benzene rings is 2. The number of ether oxygens (including phenoxy) is 1. The molecule has 1 aromatic heterocycles. The van der Waals surface area contributed by atoms with Gasteiger partial charge in [0, 0.05) is 17.5 Å². The molecule has 4 nitrogen and oxygen atoms in total. The summed E-state index contributed by atoms with van der Waals surface area (Å²) in [6, 6.07) is 12.3. The lowest BCUT2D eigenvalue weighted by Crippen LogP contribution is -2.27. The molecule has 1 N–H and O–H groups in total. The van der Waals surface area contributed by atoms with Crippen molar-refractivity contribution in [1.82, 2.24) is 10.3 Å². The summed E-state index contributed by atoms with van der Waals surface area (Å²) in [4.78, 5) is 16.6. The monoisotopic (exact) mass is 434 g/mol. The van der Waals surface area contributed by atoms with Crippen LogP contribution in [0.5, 0.6) is 5.75 Å². The van der Waals surface area contributed by atoms with Crippen LogP contribution in [0.2, 0.25) is 0 Å². The Kier molecular flexibility index (Phi) is 6.77. The first-order valence-electron chi connectivity index (χ1n) is 9.36. The Bertz CT molecular complexity index is 1020. The van der Waals surface area contributed by atoms with E-state index in [-0.39, 0.29) is 18.1 Å². The quantitative estimate of drug-likeness (QED) is 0.512. The molecule has 0 aliphatic carbocycles. The minimum absolute atomic E-state index is 0.0488. The minimum Gasteiger partial charge on any atom is -0.488 e. The van der Waals surface area contributed by atoms with Crippen molar-refractivity contribution in [2.24, 2.45) is 5.92 Å². The van der Waals surface area contributed by atoms with Gasteiger partial charge in [0.25, 0.3) is 5.91 Å². The number of rotatable bonds is 7.